The molecule has 0 N–H and O–H groups in total. The maximum Gasteiger partial charge on any atom is 0.217 e. The van der Waals surface area contributed by atoms with Crippen LogP contribution in [0.15, 0.2) is 41.4 Å². The number of hydrogen-bond donors (Lipinski definition) is 0. The molecule has 6 heteroatoms. The fourth-order valence-corrected chi connectivity index (χ4v) is 3.08. The lowest BCUT2D eigenvalue weighted by Gasteiger charge is -2.25. The molecule has 1 aliphatic rings. The van der Waals surface area contributed by atoms with Crippen LogP contribution in [0.5, 0.6) is 5.88 Å². The van der Waals surface area contributed by atoms with E-state index in [1.165, 1.54) is 12.5 Å². The smallest absolute Gasteiger partial charge is 0.217 e. The Morgan fingerprint density at radius 2 is 2.00 bits per heavy atom. The van der Waals surface area contributed by atoms with Gasteiger partial charge in [0.2, 0.25) is 5.88 Å². The maximum absolute atomic E-state index is 11.5. The van der Waals surface area contributed by atoms with Crippen LogP contribution >= 0.6 is 11.6 Å². The Labute approximate surface area is 128 Å². The summed E-state index contributed by atoms with van der Waals surface area (Å²) in [5.41, 5.74) is 1.88. The highest BCUT2D eigenvalue weighted by molar-refractivity contribution is 7.90. The lowest BCUT2D eigenvalue weighted by Crippen LogP contribution is -2.16. The molecule has 1 aromatic heterocycles. The SMILES string of the molecule is CS(=O)(=O)c1cnc2c(c1)CCC(c1ccc(Cl)cc1)O2. The average Bonchev–Trinajstić information content (AvgIpc) is 2.46. The Bertz CT molecular complexity index is 772. The van der Waals surface area contributed by atoms with Crippen LogP contribution in [0.25, 0.3) is 0 Å². The van der Waals surface area contributed by atoms with Crippen LogP contribution in [-0.2, 0) is 16.3 Å². The molecule has 0 saturated carbocycles. The molecular formula is C15H14ClNO3S. The van der Waals surface area contributed by atoms with E-state index in [1.54, 1.807) is 6.07 Å². The van der Waals surface area contributed by atoms with Crippen molar-refractivity contribution in [3.8, 4) is 5.88 Å². The molecule has 0 fully saturated rings. The lowest BCUT2D eigenvalue weighted by atomic mass is 9.99. The quantitative estimate of drug-likeness (QED) is 0.851. The molecule has 0 saturated heterocycles. The van der Waals surface area contributed by atoms with Crippen molar-refractivity contribution in [3.05, 3.63) is 52.7 Å². The van der Waals surface area contributed by atoms with Gasteiger partial charge in [-0.3, -0.25) is 0 Å². The second-order valence-corrected chi connectivity index (χ2v) is 7.56. The number of halogens is 1. The van der Waals surface area contributed by atoms with Gasteiger partial charge in [0, 0.05) is 23.0 Å². The van der Waals surface area contributed by atoms with E-state index in [-0.39, 0.29) is 11.0 Å². The van der Waals surface area contributed by atoms with E-state index in [0.29, 0.717) is 10.9 Å². The van der Waals surface area contributed by atoms with Crippen molar-refractivity contribution in [1.29, 1.82) is 0 Å². The van der Waals surface area contributed by atoms with E-state index >= 15 is 0 Å². The molecule has 0 radical (unpaired) electrons. The highest BCUT2D eigenvalue weighted by Crippen LogP contribution is 2.34. The fraction of sp³-hybridized carbons (Fsp3) is 0.267. The summed E-state index contributed by atoms with van der Waals surface area (Å²) >= 11 is 5.88. The van der Waals surface area contributed by atoms with Gasteiger partial charge in [-0.25, -0.2) is 13.4 Å². The van der Waals surface area contributed by atoms with Crippen LogP contribution in [0.3, 0.4) is 0 Å². The monoisotopic (exact) mass is 323 g/mol. The number of aromatic nitrogens is 1. The number of nitrogens with zero attached hydrogens (tertiary/aromatic N) is 1. The molecular weight excluding hydrogens is 310 g/mol. The highest BCUT2D eigenvalue weighted by atomic mass is 35.5. The van der Waals surface area contributed by atoms with E-state index in [0.717, 1.165) is 24.0 Å². The van der Waals surface area contributed by atoms with Crippen molar-refractivity contribution in [3.63, 3.8) is 0 Å². The summed E-state index contributed by atoms with van der Waals surface area (Å²) in [6, 6.07) is 9.17. The number of aryl methyl sites for hydroxylation is 1. The van der Waals surface area contributed by atoms with E-state index in [2.05, 4.69) is 4.98 Å². The fourth-order valence-electron chi connectivity index (χ4n) is 2.36. The first-order chi connectivity index (χ1) is 9.93. The van der Waals surface area contributed by atoms with Gasteiger partial charge in [0.05, 0.1) is 4.90 Å². The molecule has 4 nitrogen and oxygen atoms in total. The van der Waals surface area contributed by atoms with Crippen LogP contribution < -0.4 is 4.74 Å². The van der Waals surface area contributed by atoms with Crippen LogP contribution in [0.2, 0.25) is 5.02 Å². The number of sulfone groups is 1. The zero-order valence-electron chi connectivity index (χ0n) is 11.4. The Morgan fingerprint density at radius 3 is 2.67 bits per heavy atom. The molecule has 110 valence electrons. The van der Waals surface area contributed by atoms with Crippen molar-refractivity contribution in [2.75, 3.05) is 6.26 Å². The Balaban J connectivity index is 1.88. The number of fused-ring (bicyclic) bond motifs is 1. The van der Waals surface area contributed by atoms with Gasteiger partial charge in [-0.2, -0.15) is 0 Å². The van der Waals surface area contributed by atoms with E-state index in [9.17, 15) is 8.42 Å². The Hall–Kier alpha value is -1.59. The molecule has 0 amide bonds. The van der Waals surface area contributed by atoms with Gasteiger partial charge < -0.3 is 4.74 Å². The molecule has 21 heavy (non-hydrogen) atoms. The van der Waals surface area contributed by atoms with Crippen LogP contribution in [0.1, 0.15) is 23.7 Å². The first-order valence-corrected chi connectivity index (χ1v) is 8.81. The molecule has 1 aliphatic heterocycles. The molecule has 2 aromatic rings. The van der Waals surface area contributed by atoms with Gasteiger partial charge in [0.15, 0.2) is 9.84 Å². The van der Waals surface area contributed by atoms with Crippen LogP contribution in [-0.4, -0.2) is 19.7 Å². The van der Waals surface area contributed by atoms with Gasteiger partial charge in [-0.15, -0.1) is 0 Å². The summed E-state index contributed by atoms with van der Waals surface area (Å²) < 4.78 is 29.0. The third kappa shape index (κ3) is 3.04. The summed E-state index contributed by atoms with van der Waals surface area (Å²) in [6.07, 6.45) is 3.96. The third-order valence-electron chi connectivity index (χ3n) is 3.50. The minimum atomic E-state index is -3.24. The molecule has 2 heterocycles. The average molecular weight is 324 g/mol. The Morgan fingerprint density at radius 1 is 1.29 bits per heavy atom. The van der Waals surface area contributed by atoms with Gasteiger partial charge in [-0.1, -0.05) is 23.7 Å². The van der Waals surface area contributed by atoms with Crippen molar-refractivity contribution < 1.29 is 13.2 Å². The minimum absolute atomic E-state index is 0.0775. The number of pyridine rings is 1. The van der Waals surface area contributed by atoms with E-state index < -0.39 is 9.84 Å². The predicted molar refractivity (Wildman–Crippen MR) is 80.5 cm³/mol. The summed E-state index contributed by atoms with van der Waals surface area (Å²) in [5.74, 6) is 0.508. The van der Waals surface area contributed by atoms with Crippen molar-refractivity contribution in [2.24, 2.45) is 0 Å². The summed E-state index contributed by atoms with van der Waals surface area (Å²) in [5, 5.41) is 0.686. The zero-order chi connectivity index (χ0) is 15.0. The van der Waals surface area contributed by atoms with Gasteiger partial charge in [-0.05, 0) is 36.6 Å². The van der Waals surface area contributed by atoms with Crippen molar-refractivity contribution in [1.82, 2.24) is 4.98 Å². The van der Waals surface area contributed by atoms with E-state index in [1.807, 2.05) is 24.3 Å². The number of rotatable bonds is 2. The summed E-state index contributed by atoms with van der Waals surface area (Å²) in [4.78, 5) is 4.38. The van der Waals surface area contributed by atoms with Crippen LogP contribution in [0.4, 0.5) is 0 Å². The molecule has 3 rings (SSSR count). The molecule has 1 aromatic carbocycles. The van der Waals surface area contributed by atoms with Crippen molar-refractivity contribution in [2.45, 2.75) is 23.8 Å². The first kappa shape index (κ1) is 14.4. The predicted octanol–water partition coefficient (Wildman–Crippen LogP) is 3.20. The molecule has 1 unspecified atom stereocenters. The highest BCUT2D eigenvalue weighted by Gasteiger charge is 2.23. The summed E-state index contributed by atoms with van der Waals surface area (Å²) in [6.45, 7) is 0. The van der Waals surface area contributed by atoms with Gasteiger partial charge >= 0.3 is 0 Å². The third-order valence-corrected chi connectivity index (χ3v) is 4.83. The Kier molecular flexibility index (Phi) is 3.63. The molecule has 0 aliphatic carbocycles. The van der Waals surface area contributed by atoms with Gasteiger partial charge in [0.1, 0.15) is 6.10 Å². The second-order valence-electron chi connectivity index (χ2n) is 5.10. The normalized spacial score (nSPS) is 17.9. The number of benzene rings is 1. The van der Waals surface area contributed by atoms with E-state index in [4.69, 9.17) is 16.3 Å². The standard InChI is InChI=1S/C15H14ClNO3S/c1-21(18,19)13-8-11-4-7-14(20-15(11)17-9-13)10-2-5-12(16)6-3-10/h2-3,5-6,8-9,14H,4,7H2,1H3. The molecule has 1 atom stereocenters. The number of ether oxygens (including phenoxy) is 1. The summed E-state index contributed by atoms with van der Waals surface area (Å²) in [7, 11) is -3.24. The molecule has 0 bridgehead atoms. The zero-order valence-corrected chi connectivity index (χ0v) is 13.0. The largest absolute Gasteiger partial charge is 0.469 e. The molecule has 0 spiro atoms. The maximum atomic E-state index is 11.5. The van der Waals surface area contributed by atoms with Gasteiger partial charge in [0.25, 0.3) is 0 Å². The lowest BCUT2D eigenvalue weighted by molar-refractivity contribution is 0.167. The second kappa shape index (κ2) is 5.31. The topological polar surface area (TPSA) is 56.3 Å². The first-order valence-electron chi connectivity index (χ1n) is 6.54. The van der Waals surface area contributed by atoms with Crippen molar-refractivity contribution >= 4 is 21.4 Å². The minimum Gasteiger partial charge on any atom is -0.469 e. The van der Waals surface area contributed by atoms with Crippen LogP contribution in [0, 0.1) is 0 Å². The number of hydrogen-bond acceptors (Lipinski definition) is 4.